The molecule has 6 nitrogen and oxygen atoms in total. The van der Waals surface area contributed by atoms with Gasteiger partial charge in [0.2, 0.25) is 0 Å². The van der Waals surface area contributed by atoms with Crippen LogP contribution in [0, 0.1) is 13.8 Å². The molecule has 2 aromatic heterocycles. The Morgan fingerprint density at radius 3 is 2.62 bits per heavy atom. The van der Waals surface area contributed by atoms with Gasteiger partial charge in [0.25, 0.3) is 5.91 Å². The van der Waals surface area contributed by atoms with Crippen LogP contribution in [0.15, 0.2) is 36.7 Å². The van der Waals surface area contributed by atoms with Gasteiger partial charge >= 0.3 is 0 Å². The van der Waals surface area contributed by atoms with Crippen LogP contribution >= 0.6 is 0 Å². The number of fused-ring (bicyclic) bond motifs is 1. The summed E-state index contributed by atoms with van der Waals surface area (Å²) in [6, 6.07) is 8.30. The van der Waals surface area contributed by atoms with Crippen LogP contribution in [0.1, 0.15) is 64.0 Å². The fraction of sp³-hybridized carbons (Fsp3) is 0.423. The van der Waals surface area contributed by atoms with Gasteiger partial charge in [0, 0.05) is 37.1 Å². The summed E-state index contributed by atoms with van der Waals surface area (Å²) >= 11 is 0. The molecular formula is C26H30N4O2. The summed E-state index contributed by atoms with van der Waals surface area (Å²) in [5.41, 5.74) is 8.25. The molecule has 5 rings (SSSR count). The van der Waals surface area contributed by atoms with E-state index in [1.54, 1.807) is 4.68 Å². The summed E-state index contributed by atoms with van der Waals surface area (Å²) in [7, 11) is 1.92. The van der Waals surface area contributed by atoms with Crippen LogP contribution in [-0.2, 0) is 20.0 Å². The van der Waals surface area contributed by atoms with Gasteiger partial charge in [0.05, 0.1) is 23.5 Å². The second-order valence-corrected chi connectivity index (χ2v) is 9.32. The molecule has 3 aromatic rings. The zero-order valence-electron chi connectivity index (χ0n) is 19.0. The second kappa shape index (κ2) is 8.17. The molecule has 1 aromatic carbocycles. The maximum atomic E-state index is 13.2. The van der Waals surface area contributed by atoms with E-state index in [0.717, 1.165) is 71.3 Å². The van der Waals surface area contributed by atoms with Crippen LogP contribution in [-0.4, -0.2) is 42.8 Å². The average Bonchev–Trinajstić information content (AvgIpc) is 3.27. The van der Waals surface area contributed by atoms with Crippen LogP contribution in [0.4, 0.5) is 0 Å². The van der Waals surface area contributed by atoms with Crippen molar-refractivity contribution in [1.29, 1.82) is 0 Å². The normalized spacial score (nSPS) is 20.6. The monoisotopic (exact) mass is 430 g/mol. The van der Waals surface area contributed by atoms with Crippen LogP contribution in [0.3, 0.4) is 0 Å². The lowest BCUT2D eigenvalue weighted by atomic mass is 9.91. The number of carbonyl (C=O) groups excluding carboxylic acids is 1. The highest BCUT2D eigenvalue weighted by Crippen LogP contribution is 2.33. The molecule has 1 fully saturated rings. The molecule has 1 saturated carbocycles. The minimum absolute atomic E-state index is 0.0555. The summed E-state index contributed by atoms with van der Waals surface area (Å²) in [5, 5.41) is 14.8. The zero-order valence-corrected chi connectivity index (χ0v) is 19.0. The molecule has 0 radical (unpaired) electrons. The fourth-order valence-electron chi connectivity index (χ4n) is 5.23. The van der Waals surface area contributed by atoms with Gasteiger partial charge in [-0.2, -0.15) is 5.10 Å². The topological polar surface area (TPSA) is 71.2 Å². The Labute approximate surface area is 188 Å². The first-order valence-electron chi connectivity index (χ1n) is 11.5. The summed E-state index contributed by atoms with van der Waals surface area (Å²) in [4.78, 5) is 19.7. The summed E-state index contributed by atoms with van der Waals surface area (Å²) in [6.07, 6.45) is 8.03. The molecule has 0 bridgehead atoms. The van der Waals surface area contributed by atoms with E-state index in [0.29, 0.717) is 6.54 Å². The Hall–Kier alpha value is -2.99. The highest BCUT2D eigenvalue weighted by Gasteiger charge is 2.37. The largest absolute Gasteiger partial charge is 0.391 e. The molecule has 1 aliphatic carbocycles. The standard InChI is InChI=1S/C26H30N4O2/c1-16-10-20-14-30(24-6-4-5-7-25(24)31)26(32)21(20)12-19(16)11-18-8-9-23(27-13-18)22-15-29(3)28-17(22)2/h8-10,12-13,15,24-25,31H,4-7,11,14H2,1-3H3/t24-,25-/m0/s1. The highest BCUT2D eigenvalue weighted by atomic mass is 16.3. The molecule has 0 saturated heterocycles. The number of pyridine rings is 1. The van der Waals surface area contributed by atoms with E-state index < -0.39 is 6.10 Å². The van der Waals surface area contributed by atoms with Crippen molar-refractivity contribution >= 4 is 5.91 Å². The van der Waals surface area contributed by atoms with Gasteiger partial charge in [0.1, 0.15) is 0 Å². The van der Waals surface area contributed by atoms with E-state index in [1.807, 2.05) is 37.3 Å². The van der Waals surface area contributed by atoms with Gasteiger partial charge in [-0.25, -0.2) is 0 Å². The Kier molecular flexibility index (Phi) is 5.33. The number of aryl methyl sites for hydroxylation is 3. The Balaban J connectivity index is 1.36. The Morgan fingerprint density at radius 2 is 1.94 bits per heavy atom. The van der Waals surface area contributed by atoms with Gasteiger partial charge in [-0.3, -0.25) is 14.5 Å². The molecule has 0 unspecified atom stereocenters. The van der Waals surface area contributed by atoms with Crippen molar-refractivity contribution in [3.8, 4) is 11.3 Å². The number of hydrogen-bond acceptors (Lipinski definition) is 4. The lowest BCUT2D eigenvalue weighted by Gasteiger charge is -2.35. The molecule has 2 aliphatic rings. The number of benzene rings is 1. The molecule has 1 amide bonds. The van der Waals surface area contributed by atoms with E-state index in [1.165, 1.54) is 5.56 Å². The van der Waals surface area contributed by atoms with Crippen molar-refractivity contribution in [2.75, 3.05) is 0 Å². The molecule has 1 aliphatic heterocycles. The van der Waals surface area contributed by atoms with Crippen molar-refractivity contribution < 1.29 is 9.90 Å². The van der Waals surface area contributed by atoms with Crippen molar-refractivity contribution in [2.45, 2.75) is 64.6 Å². The molecule has 3 heterocycles. The fourth-order valence-corrected chi connectivity index (χ4v) is 5.23. The van der Waals surface area contributed by atoms with Crippen LogP contribution in [0.2, 0.25) is 0 Å². The first-order valence-corrected chi connectivity index (χ1v) is 11.5. The minimum atomic E-state index is -0.407. The summed E-state index contributed by atoms with van der Waals surface area (Å²) < 4.78 is 1.81. The number of carbonyl (C=O) groups is 1. The maximum absolute atomic E-state index is 13.2. The van der Waals surface area contributed by atoms with E-state index in [2.05, 4.69) is 35.2 Å². The van der Waals surface area contributed by atoms with Gasteiger partial charge in [-0.05, 0) is 67.5 Å². The molecule has 2 atom stereocenters. The van der Waals surface area contributed by atoms with Crippen molar-refractivity contribution in [3.05, 3.63) is 70.2 Å². The molecule has 1 N–H and O–H groups in total. The number of aliphatic hydroxyl groups is 1. The summed E-state index contributed by atoms with van der Waals surface area (Å²) in [6.45, 7) is 4.71. The predicted octanol–water partition coefficient (Wildman–Crippen LogP) is 3.95. The van der Waals surface area contributed by atoms with E-state index in [4.69, 9.17) is 0 Å². The Bertz CT molecular complexity index is 1170. The number of aliphatic hydroxyl groups excluding tert-OH is 1. The van der Waals surface area contributed by atoms with E-state index in [-0.39, 0.29) is 11.9 Å². The van der Waals surface area contributed by atoms with Gasteiger partial charge in [0.15, 0.2) is 0 Å². The van der Waals surface area contributed by atoms with E-state index in [9.17, 15) is 9.90 Å². The third kappa shape index (κ3) is 3.73. The van der Waals surface area contributed by atoms with Crippen molar-refractivity contribution in [3.63, 3.8) is 0 Å². The second-order valence-electron chi connectivity index (χ2n) is 9.32. The number of hydrogen-bond donors (Lipinski definition) is 1. The predicted molar refractivity (Wildman–Crippen MR) is 123 cm³/mol. The Morgan fingerprint density at radius 1 is 1.12 bits per heavy atom. The highest BCUT2D eigenvalue weighted by molar-refractivity contribution is 5.99. The molecule has 166 valence electrons. The molecular weight excluding hydrogens is 400 g/mol. The third-order valence-electron chi connectivity index (χ3n) is 7.00. The first-order chi connectivity index (χ1) is 15.4. The average molecular weight is 431 g/mol. The SMILES string of the molecule is Cc1cc2c(cc1Cc1ccc(-c3cn(C)nc3C)nc1)C(=O)N([C@H]1CCCC[C@@H]1O)C2. The maximum Gasteiger partial charge on any atom is 0.254 e. The van der Waals surface area contributed by atoms with Gasteiger partial charge in [-0.1, -0.05) is 25.0 Å². The lowest BCUT2D eigenvalue weighted by molar-refractivity contribution is 0.0191. The van der Waals surface area contributed by atoms with Crippen LogP contribution in [0.25, 0.3) is 11.3 Å². The van der Waals surface area contributed by atoms with Gasteiger partial charge in [-0.15, -0.1) is 0 Å². The lowest BCUT2D eigenvalue weighted by Crippen LogP contribution is -2.45. The van der Waals surface area contributed by atoms with Crippen LogP contribution in [0.5, 0.6) is 0 Å². The third-order valence-corrected chi connectivity index (χ3v) is 7.00. The summed E-state index contributed by atoms with van der Waals surface area (Å²) in [5.74, 6) is 0.0627. The molecule has 32 heavy (non-hydrogen) atoms. The number of aromatic nitrogens is 3. The smallest absolute Gasteiger partial charge is 0.254 e. The van der Waals surface area contributed by atoms with Crippen LogP contribution < -0.4 is 0 Å². The number of nitrogens with zero attached hydrogens (tertiary/aromatic N) is 4. The molecule has 6 heteroatoms. The minimum Gasteiger partial charge on any atom is -0.391 e. The number of amides is 1. The zero-order chi connectivity index (χ0) is 22.4. The van der Waals surface area contributed by atoms with Gasteiger partial charge < -0.3 is 10.0 Å². The van der Waals surface area contributed by atoms with Crippen molar-refractivity contribution in [2.24, 2.45) is 7.05 Å². The molecule has 0 spiro atoms. The van der Waals surface area contributed by atoms with Crippen molar-refractivity contribution in [1.82, 2.24) is 19.7 Å². The quantitative estimate of drug-likeness (QED) is 0.680. The first kappa shape index (κ1) is 20.9. The number of rotatable bonds is 4. The van der Waals surface area contributed by atoms with E-state index >= 15 is 0 Å².